The molecule has 0 fully saturated rings. The first-order valence-corrected chi connectivity index (χ1v) is 10.8. The summed E-state index contributed by atoms with van der Waals surface area (Å²) in [4.78, 5) is 14.0. The monoisotopic (exact) mass is 412 g/mol. The second-order valence-electron chi connectivity index (χ2n) is 7.80. The van der Waals surface area contributed by atoms with Gasteiger partial charge >= 0.3 is 0 Å². The van der Waals surface area contributed by atoms with Gasteiger partial charge in [-0.15, -0.1) is 0 Å². The molecule has 152 valence electrons. The Kier molecular flexibility index (Phi) is 5.65. The Morgan fingerprint density at radius 3 is 2.76 bits per heavy atom. The van der Waals surface area contributed by atoms with Gasteiger partial charge in [-0.2, -0.15) is 0 Å². The molecular weight excluding hydrogens is 387 g/mol. The number of rotatable bonds is 5. The van der Waals surface area contributed by atoms with Crippen LogP contribution in [0.1, 0.15) is 38.1 Å². The third kappa shape index (κ3) is 4.19. The van der Waals surface area contributed by atoms with Crippen LogP contribution in [0.4, 0.5) is 4.39 Å². The predicted octanol–water partition coefficient (Wildman–Crippen LogP) is 5.07. The minimum absolute atomic E-state index is 0.0383. The van der Waals surface area contributed by atoms with E-state index in [4.69, 9.17) is 4.42 Å². The van der Waals surface area contributed by atoms with E-state index in [2.05, 4.69) is 22.8 Å². The lowest BCUT2D eigenvalue weighted by molar-refractivity contribution is -0.124. The van der Waals surface area contributed by atoms with Gasteiger partial charge in [0, 0.05) is 39.2 Å². The van der Waals surface area contributed by atoms with Crippen LogP contribution in [0.2, 0.25) is 0 Å². The molecule has 0 bridgehead atoms. The topological polar surface area (TPSA) is 54.3 Å². The van der Waals surface area contributed by atoms with Gasteiger partial charge in [-0.3, -0.25) is 4.79 Å². The van der Waals surface area contributed by atoms with E-state index in [1.807, 2.05) is 32.9 Å². The van der Waals surface area contributed by atoms with Gasteiger partial charge in [0.05, 0.1) is 6.04 Å². The van der Waals surface area contributed by atoms with Crippen molar-refractivity contribution in [1.29, 1.82) is 0 Å². The lowest BCUT2D eigenvalue weighted by Crippen LogP contribution is -2.46. The molecule has 0 radical (unpaired) electrons. The van der Waals surface area contributed by atoms with Gasteiger partial charge in [-0.25, -0.2) is 4.39 Å². The van der Waals surface area contributed by atoms with Crippen molar-refractivity contribution >= 4 is 28.6 Å². The number of hydrogen-bond acceptors (Lipinski definition) is 4. The molecule has 3 aromatic rings. The molecule has 2 aromatic carbocycles. The van der Waals surface area contributed by atoms with Crippen LogP contribution in [0, 0.1) is 11.7 Å². The Morgan fingerprint density at radius 2 is 2.00 bits per heavy atom. The molecule has 1 aliphatic rings. The van der Waals surface area contributed by atoms with Crippen LogP contribution in [-0.4, -0.2) is 18.5 Å². The number of amides is 1. The maximum atomic E-state index is 13.5. The van der Waals surface area contributed by atoms with Gasteiger partial charge in [0.1, 0.15) is 17.2 Å². The summed E-state index contributed by atoms with van der Waals surface area (Å²) in [6.07, 6.45) is 0.889. The van der Waals surface area contributed by atoms with Gasteiger partial charge in [-0.05, 0) is 49.7 Å². The Balaban J connectivity index is 1.62. The molecule has 2 unspecified atom stereocenters. The molecule has 0 saturated carbocycles. The van der Waals surface area contributed by atoms with Gasteiger partial charge < -0.3 is 15.1 Å². The van der Waals surface area contributed by atoms with Gasteiger partial charge in [0.2, 0.25) is 5.91 Å². The highest BCUT2D eigenvalue weighted by atomic mass is 32.2. The van der Waals surface area contributed by atoms with Crippen molar-refractivity contribution in [3.63, 3.8) is 0 Å². The van der Waals surface area contributed by atoms with E-state index in [9.17, 15) is 9.18 Å². The summed E-state index contributed by atoms with van der Waals surface area (Å²) in [7, 11) is 0. The van der Waals surface area contributed by atoms with E-state index in [0.29, 0.717) is 0 Å². The molecule has 0 aliphatic carbocycles. The third-order valence-electron chi connectivity index (χ3n) is 5.24. The summed E-state index contributed by atoms with van der Waals surface area (Å²) in [6.45, 7) is 6.63. The first-order valence-electron chi connectivity index (χ1n) is 9.95. The Morgan fingerprint density at radius 1 is 1.21 bits per heavy atom. The predicted molar refractivity (Wildman–Crippen MR) is 114 cm³/mol. The molecule has 2 N–H and O–H groups in total. The number of hydrogen-bond donors (Lipinski definition) is 2. The van der Waals surface area contributed by atoms with Crippen LogP contribution in [0.15, 0.2) is 56.7 Å². The second kappa shape index (κ2) is 8.20. The van der Waals surface area contributed by atoms with E-state index >= 15 is 0 Å². The van der Waals surface area contributed by atoms with Gasteiger partial charge in [-0.1, -0.05) is 31.7 Å². The highest BCUT2D eigenvalue weighted by Gasteiger charge is 2.31. The van der Waals surface area contributed by atoms with Crippen LogP contribution in [-0.2, 0) is 11.2 Å². The molecule has 1 amide bonds. The summed E-state index contributed by atoms with van der Waals surface area (Å²) in [5.74, 6) is 0.640. The fraction of sp³-hybridized carbons (Fsp3) is 0.348. The van der Waals surface area contributed by atoms with E-state index in [1.165, 1.54) is 29.5 Å². The maximum absolute atomic E-state index is 13.5. The van der Waals surface area contributed by atoms with Crippen LogP contribution in [0.25, 0.3) is 11.0 Å². The summed E-state index contributed by atoms with van der Waals surface area (Å²) < 4.78 is 19.7. The van der Waals surface area contributed by atoms with Crippen molar-refractivity contribution in [2.75, 3.05) is 6.54 Å². The normalized spacial score (nSPS) is 17.3. The van der Waals surface area contributed by atoms with E-state index in [1.54, 1.807) is 6.07 Å². The van der Waals surface area contributed by atoms with Crippen molar-refractivity contribution in [2.45, 2.75) is 49.1 Å². The summed E-state index contributed by atoms with van der Waals surface area (Å²) in [5, 5.41) is 7.68. The zero-order chi connectivity index (χ0) is 20.5. The number of benzene rings is 2. The van der Waals surface area contributed by atoms with E-state index in [0.717, 1.165) is 39.5 Å². The standard InChI is InChI=1S/C23H25FN2O2S/c1-13(2)23(27)26-14(3)21-22-19(9-10-25-21)18-8-7-17(12-20(18)28-22)29-16-6-4-5-15(24)11-16/h4-8,11-14,21,25H,9-10H2,1-3H3,(H,26,27). The molecule has 6 heteroatoms. The SMILES string of the molecule is CC(C)C(=O)NC(C)C1NCCc2c1oc1cc(Sc3cccc(F)c3)ccc21. The average molecular weight is 413 g/mol. The van der Waals surface area contributed by atoms with Crippen molar-refractivity contribution in [3.8, 4) is 0 Å². The molecule has 1 aliphatic heterocycles. The van der Waals surface area contributed by atoms with Crippen LogP contribution in [0.5, 0.6) is 0 Å². The highest BCUT2D eigenvalue weighted by Crippen LogP contribution is 2.37. The minimum atomic E-state index is -0.240. The van der Waals surface area contributed by atoms with Crippen molar-refractivity contribution in [3.05, 3.63) is 59.6 Å². The fourth-order valence-corrected chi connectivity index (χ4v) is 4.60. The molecule has 4 rings (SSSR count). The van der Waals surface area contributed by atoms with Crippen LogP contribution < -0.4 is 10.6 Å². The molecule has 0 spiro atoms. The Hall–Kier alpha value is -2.31. The number of carbonyl (C=O) groups excluding carboxylic acids is 1. The Labute approximate surface area is 174 Å². The van der Waals surface area contributed by atoms with Crippen LogP contribution >= 0.6 is 11.8 Å². The lowest BCUT2D eigenvalue weighted by atomic mass is 9.95. The number of carbonyl (C=O) groups is 1. The fourth-order valence-electron chi connectivity index (χ4n) is 3.71. The highest BCUT2D eigenvalue weighted by molar-refractivity contribution is 7.99. The second-order valence-corrected chi connectivity index (χ2v) is 8.94. The number of halogens is 1. The van der Waals surface area contributed by atoms with Crippen molar-refractivity contribution < 1.29 is 13.6 Å². The minimum Gasteiger partial charge on any atom is -0.459 e. The third-order valence-corrected chi connectivity index (χ3v) is 6.22. The van der Waals surface area contributed by atoms with Crippen molar-refractivity contribution in [1.82, 2.24) is 10.6 Å². The van der Waals surface area contributed by atoms with Gasteiger partial charge in [0.15, 0.2) is 0 Å². The molecule has 2 heterocycles. The van der Waals surface area contributed by atoms with Crippen LogP contribution in [0.3, 0.4) is 0 Å². The molecule has 29 heavy (non-hydrogen) atoms. The summed E-state index contributed by atoms with van der Waals surface area (Å²) in [6, 6.07) is 12.6. The lowest BCUT2D eigenvalue weighted by Gasteiger charge is -2.29. The van der Waals surface area contributed by atoms with E-state index in [-0.39, 0.29) is 29.7 Å². The Bertz CT molecular complexity index is 1050. The quantitative estimate of drug-likeness (QED) is 0.614. The molecule has 4 nitrogen and oxygen atoms in total. The molecular formula is C23H25FN2O2S. The zero-order valence-corrected chi connectivity index (χ0v) is 17.6. The molecule has 1 aromatic heterocycles. The summed E-state index contributed by atoms with van der Waals surface area (Å²) in [5.41, 5.74) is 2.03. The molecule has 0 saturated heterocycles. The number of furan rings is 1. The summed E-state index contributed by atoms with van der Waals surface area (Å²) >= 11 is 1.51. The first-order chi connectivity index (χ1) is 13.9. The first kappa shape index (κ1) is 20.0. The van der Waals surface area contributed by atoms with E-state index < -0.39 is 0 Å². The number of fused-ring (bicyclic) bond motifs is 3. The smallest absolute Gasteiger partial charge is 0.222 e. The maximum Gasteiger partial charge on any atom is 0.222 e. The largest absolute Gasteiger partial charge is 0.459 e. The average Bonchev–Trinajstić information content (AvgIpc) is 3.05. The van der Waals surface area contributed by atoms with Gasteiger partial charge in [0.25, 0.3) is 0 Å². The van der Waals surface area contributed by atoms with Crippen molar-refractivity contribution in [2.24, 2.45) is 5.92 Å². The number of nitrogens with one attached hydrogen (secondary N) is 2. The molecule has 2 atom stereocenters. The zero-order valence-electron chi connectivity index (χ0n) is 16.8.